The maximum absolute atomic E-state index is 11.8. The fraction of sp³-hybridized carbons (Fsp3) is 0.0714. The first-order valence-corrected chi connectivity index (χ1v) is 6.02. The Morgan fingerprint density at radius 2 is 1.65 bits per heavy atom. The van der Waals surface area contributed by atoms with Crippen molar-refractivity contribution in [2.24, 2.45) is 0 Å². The summed E-state index contributed by atoms with van der Waals surface area (Å²) < 4.78 is 5.97. The molecule has 86 valence electrons. The molecule has 0 aromatic heterocycles. The predicted octanol–water partition coefficient (Wildman–Crippen LogP) is 3.81. The summed E-state index contributed by atoms with van der Waals surface area (Å²) in [5.41, 5.74) is 1.52. The van der Waals surface area contributed by atoms with Gasteiger partial charge in [-0.25, -0.2) is 4.79 Å². The first-order chi connectivity index (χ1) is 8.27. The van der Waals surface area contributed by atoms with Crippen molar-refractivity contribution in [1.29, 1.82) is 0 Å². The number of halogens is 1. The second-order valence-electron chi connectivity index (χ2n) is 3.54. The lowest BCUT2D eigenvalue weighted by Crippen LogP contribution is -2.05. The number of rotatable bonds is 3. The number of benzene rings is 2. The monoisotopic (exact) mass is 290 g/mol. The molecule has 0 bridgehead atoms. The molecule has 0 N–H and O–H groups in total. The molecule has 17 heavy (non-hydrogen) atoms. The van der Waals surface area contributed by atoms with Crippen LogP contribution in [-0.2, 0) is 11.3 Å². The molecule has 0 aliphatic carbocycles. The Kier molecular flexibility index (Phi) is 3.94. The van der Waals surface area contributed by atoms with Gasteiger partial charge in [0.2, 0.25) is 0 Å². The molecule has 0 aliphatic heterocycles. The quantitative estimate of drug-likeness (QED) is 0.804. The number of carbonyl (C=O) groups excluding carboxylic acids is 1. The maximum Gasteiger partial charge on any atom is 0.339 e. The van der Waals surface area contributed by atoms with Crippen molar-refractivity contribution in [3.8, 4) is 0 Å². The maximum atomic E-state index is 11.8. The van der Waals surface area contributed by atoms with E-state index < -0.39 is 0 Å². The zero-order chi connectivity index (χ0) is 12.1. The fourth-order valence-electron chi connectivity index (χ4n) is 1.43. The van der Waals surface area contributed by atoms with E-state index in [4.69, 9.17) is 4.74 Å². The smallest absolute Gasteiger partial charge is 0.339 e. The standard InChI is InChI=1S/C14H11BrO2/c15-13-9-5-4-8-12(13)14(16)17-10-11-6-2-1-3-7-11/h1-9H,10H2. The van der Waals surface area contributed by atoms with E-state index in [0.29, 0.717) is 12.2 Å². The lowest BCUT2D eigenvalue weighted by molar-refractivity contribution is 0.0471. The molecule has 0 saturated carbocycles. The zero-order valence-electron chi connectivity index (χ0n) is 9.10. The molecule has 0 heterocycles. The molecule has 2 rings (SSSR count). The highest BCUT2D eigenvalue weighted by molar-refractivity contribution is 9.10. The van der Waals surface area contributed by atoms with E-state index in [1.807, 2.05) is 48.5 Å². The largest absolute Gasteiger partial charge is 0.457 e. The molecule has 0 fully saturated rings. The van der Waals surface area contributed by atoms with E-state index in [2.05, 4.69) is 15.9 Å². The summed E-state index contributed by atoms with van der Waals surface area (Å²) in [5, 5.41) is 0. The van der Waals surface area contributed by atoms with Crippen LogP contribution in [-0.4, -0.2) is 5.97 Å². The summed E-state index contributed by atoms with van der Waals surface area (Å²) in [4.78, 5) is 11.8. The average Bonchev–Trinajstić information content (AvgIpc) is 2.38. The van der Waals surface area contributed by atoms with Crippen molar-refractivity contribution in [2.75, 3.05) is 0 Å². The van der Waals surface area contributed by atoms with Crippen LogP contribution in [0.1, 0.15) is 15.9 Å². The van der Waals surface area contributed by atoms with Crippen LogP contribution in [0.25, 0.3) is 0 Å². The van der Waals surface area contributed by atoms with Gasteiger partial charge in [-0.2, -0.15) is 0 Å². The summed E-state index contributed by atoms with van der Waals surface area (Å²) in [7, 11) is 0. The third-order valence-electron chi connectivity index (χ3n) is 2.31. The second-order valence-corrected chi connectivity index (χ2v) is 4.40. The highest BCUT2D eigenvalue weighted by Gasteiger charge is 2.10. The van der Waals surface area contributed by atoms with Crippen LogP contribution in [0.4, 0.5) is 0 Å². The molecule has 0 spiro atoms. The Morgan fingerprint density at radius 3 is 2.35 bits per heavy atom. The van der Waals surface area contributed by atoms with E-state index in [0.717, 1.165) is 10.0 Å². The lowest BCUT2D eigenvalue weighted by Gasteiger charge is -2.06. The van der Waals surface area contributed by atoms with Gasteiger partial charge in [-0.1, -0.05) is 42.5 Å². The van der Waals surface area contributed by atoms with Crippen molar-refractivity contribution >= 4 is 21.9 Å². The van der Waals surface area contributed by atoms with Gasteiger partial charge < -0.3 is 4.74 Å². The van der Waals surface area contributed by atoms with Crippen LogP contribution in [0, 0.1) is 0 Å². The van der Waals surface area contributed by atoms with Crippen molar-refractivity contribution in [3.05, 3.63) is 70.2 Å². The Labute approximate surface area is 108 Å². The van der Waals surface area contributed by atoms with Gasteiger partial charge in [-0.3, -0.25) is 0 Å². The number of ether oxygens (including phenoxy) is 1. The molecule has 0 atom stereocenters. The molecule has 2 aromatic carbocycles. The Hall–Kier alpha value is -1.61. The summed E-state index contributed by atoms with van der Waals surface area (Å²) in [6, 6.07) is 16.8. The molecule has 0 aliphatic rings. The van der Waals surface area contributed by atoms with Crippen molar-refractivity contribution in [3.63, 3.8) is 0 Å². The van der Waals surface area contributed by atoms with Crippen LogP contribution in [0.2, 0.25) is 0 Å². The summed E-state index contributed by atoms with van der Waals surface area (Å²) in [5.74, 6) is -0.318. The van der Waals surface area contributed by atoms with Gasteiger partial charge in [0.25, 0.3) is 0 Å². The molecule has 2 aromatic rings. The minimum atomic E-state index is -0.318. The summed E-state index contributed by atoms with van der Waals surface area (Å²) in [6.07, 6.45) is 0. The number of hydrogen-bond acceptors (Lipinski definition) is 2. The molecule has 0 unspecified atom stereocenters. The van der Waals surface area contributed by atoms with Crippen LogP contribution in [0.3, 0.4) is 0 Å². The predicted molar refractivity (Wildman–Crippen MR) is 69.7 cm³/mol. The van der Waals surface area contributed by atoms with Crippen LogP contribution >= 0.6 is 15.9 Å². The van der Waals surface area contributed by atoms with E-state index >= 15 is 0 Å². The Balaban J connectivity index is 2.01. The Morgan fingerprint density at radius 1 is 1.00 bits per heavy atom. The molecule has 0 radical (unpaired) electrons. The minimum Gasteiger partial charge on any atom is -0.457 e. The third kappa shape index (κ3) is 3.17. The van der Waals surface area contributed by atoms with Crippen molar-refractivity contribution in [2.45, 2.75) is 6.61 Å². The van der Waals surface area contributed by atoms with Gasteiger partial charge in [0.1, 0.15) is 6.61 Å². The van der Waals surface area contributed by atoms with Gasteiger partial charge in [0.05, 0.1) is 5.56 Å². The summed E-state index contributed by atoms with van der Waals surface area (Å²) in [6.45, 7) is 0.293. The number of carbonyl (C=O) groups is 1. The lowest BCUT2D eigenvalue weighted by atomic mass is 10.2. The van der Waals surface area contributed by atoms with Gasteiger partial charge in [-0.05, 0) is 33.6 Å². The first-order valence-electron chi connectivity index (χ1n) is 5.23. The van der Waals surface area contributed by atoms with E-state index in [1.54, 1.807) is 6.07 Å². The highest BCUT2D eigenvalue weighted by Crippen LogP contribution is 2.17. The molecule has 2 nitrogen and oxygen atoms in total. The van der Waals surface area contributed by atoms with Crippen molar-refractivity contribution in [1.82, 2.24) is 0 Å². The molecule has 0 saturated heterocycles. The molecule has 3 heteroatoms. The summed E-state index contributed by atoms with van der Waals surface area (Å²) >= 11 is 3.32. The third-order valence-corrected chi connectivity index (χ3v) is 3.00. The molecular weight excluding hydrogens is 280 g/mol. The van der Waals surface area contributed by atoms with E-state index in [9.17, 15) is 4.79 Å². The zero-order valence-corrected chi connectivity index (χ0v) is 10.7. The number of hydrogen-bond donors (Lipinski definition) is 0. The van der Waals surface area contributed by atoms with Crippen LogP contribution < -0.4 is 0 Å². The SMILES string of the molecule is O=C(OCc1ccccc1)c1ccccc1Br. The number of esters is 1. The van der Waals surface area contributed by atoms with Gasteiger partial charge in [0.15, 0.2) is 0 Å². The fourth-order valence-corrected chi connectivity index (χ4v) is 1.87. The Bertz CT molecular complexity index is 509. The molecule has 0 amide bonds. The van der Waals surface area contributed by atoms with E-state index in [-0.39, 0.29) is 5.97 Å². The first kappa shape index (κ1) is 11.9. The van der Waals surface area contributed by atoms with Gasteiger partial charge in [-0.15, -0.1) is 0 Å². The highest BCUT2D eigenvalue weighted by atomic mass is 79.9. The van der Waals surface area contributed by atoms with Gasteiger partial charge in [0, 0.05) is 4.47 Å². The average molecular weight is 291 g/mol. The second kappa shape index (κ2) is 5.64. The van der Waals surface area contributed by atoms with E-state index in [1.165, 1.54) is 0 Å². The van der Waals surface area contributed by atoms with Crippen LogP contribution in [0.15, 0.2) is 59.1 Å². The normalized spacial score (nSPS) is 9.94. The topological polar surface area (TPSA) is 26.3 Å². The van der Waals surface area contributed by atoms with Crippen LogP contribution in [0.5, 0.6) is 0 Å². The van der Waals surface area contributed by atoms with Gasteiger partial charge >= 0.3 is 5.97 Å². The van der Waals surface area contributed by atoms with Crippen molar-refractivity contribution < 1.29 is 9.53 Å². The molecular formula is C14H11BrO2. The minimum absolute atomic E-state index is 0.293.